The van der Waals surface area contributed by atoms with Crippen molar-refractivity contribution in [2.24, 2.45) is 0 Å². The van der Waals surface area contributed by atoms with Crippen LogP contribution in [0.15, 0.2) is 24.3 Å². The lowest BCUT2D eigenvalue weighted by atomic mass is 10.2. The number of alkyl halides is 3. The van der Waals surface area contributed by atoms with E-state index in [0.29, 0.717) is 17.7 Å². The Morgan fingerprint density at radius 3 is 2.68 bits per heavy atom. The highest BCUT2D eigenvalue weighted by Gasteiger charge is 2.33. The number of rotatable bonds is 3. The van der Waals surface area contributed by atoms with Gasteiger partial charge in [-0.05, 0) is 18.6 Å². The van der Waals surface area contributed by atoms with Crippen LogP contribution in [0, 0.1) is 0 Å². The molecule has 102 valence electrons. The molecule has 0 aliphatic carbocycles. The first-order chi connectivity index (χ1) is 8.93. The van der Waals surface area contributed by atoms with Crippen LogP contribution >= 0.6 is 11.6 Å². The van der Waals surface area contributed by atoms with E-state index in [1.165, 1.54) is 0 Å². The SMILES string of the molecule is CCCOc1cccc2c(Cl)cc(C(F)(F)F)nc12. The molecule has 0 saturated heterocycles. The van der Waals surface area contributed by atoms with E-state index in [-0.39, 0.29) is 10.5 Å². The largest absolute Gasteiger partial charge is 0.491 e. The van der Waals surface area contributed by atoms with E-state index >= 15 is 0 Å². The lowest BCUT2D eigenvalue weighted by Crippen LogP contribution is -2.08. The molecule has 0 saturated carbocycles. The molecule has 0 amide bonds. The molecule has 0 spiro atoms. The summed E-state index contributed by atoms with van der Waals surface area (Å²) in [6, 6.07) is 5.70. The molecule has 0 unspecified atom stereocenters. The van der Waals surface area contributed by atoms with E-state index in [9.17, 15) is 13.2 Å². The van der Waals surface area contributed by atoms with Crippen LogP contribution in [0.5, 0.6) is 5.75 Å². The number of nitrogens with zero attached hydrogens (tertiary/aromatic N) is 1. The fourth-order valence-electron chi connectivity index (χ4n) is 1.65. The minimum Gasteiger partial charge on any atom is -0.491 e. The fraction of sp³-hybridized carbons (Fsp3) is 0.308. The molecule has 2 aromatic rings. The summed E-state index contributed by atoms with van der Waals surface area (Å²) in [5.74, 6) is 0.312. The van der Waals surface area contributed by atoms with Gasteiger partial charge in [-0.2, -0.15) is 13.2 Å². The Kier molecular flexibility index (Phi) is 3.85. The van der Waals surface area contributed by atoms with Crippen molar-refractivity contribution >= 4 is 22.5 Å². The minimum atomic E-state index is -4.53. The number of benzene rings is 1. The lowest BCUT2D eigenvalue weighted by Gasteiger charge is -2.12. The average Bonchev–Trinajstić information content (AvgIpc) is 2.35. The fourth-order valence-corrected chi connectivity index (χ4v) is 1.91. The van der Waals surface area contributed by atoms with E-state index in [4.69, 9.17) is 16.3 Å². The van der Waals surface area contributed by atoms with Gasteiger partial charge in [0, 0.05) is 5.39 Å². The second-order valence-electron chi connectivity index (χ2n) is 3.99. The van der Waals surface area contributed by atoms with Crippen LogP contribution in [0.3, 0.4) is 0 Å². The summed E-state index contributed by atoms with van der Waals surface area (Å²) in [5, 5.41) is 0.461. The van der Waals surface area contributed by atoms with Gasteiger partial charge in [0.2, 0.25) is 0 Å². The van der Waals surface area contributed by atoms with Gasteiger partial charge in [-0.25, -0.2) is 4.98 Å². The third-order valence-corrected chi connectivity index (χ3v) is 2.82. The van der Waals surface area contributed by atoms with Crippen molar-refractivity contribution in [3.63, 3.8) is 0 Å². The average molecular weight is 290 g/mol. The third-order valence-electron chi connectivity index (χ3n) is 2.50. The Bertz CT molecular complexity index is 598. The topological polar surface area (TPSA) is 22.1 Å². The van der Waals surface area contributed by atoms with Crippen LogP contribution in [0.25, 0.3) is 10.9 Å². The number of hydrogen-bond acceptors (Lipinski definition) is 2. The molecule has 2 nitrogen and oxygen atoms in total. The standard InChI is InChI=1S/C13H11ClF3NO/c1-2-6-19-10-5-3-4-8-9(14)7-11(13(15,16)17)18-12(8)10/h3-5,7H,2,6H2,1H3. The number of pyridine rings is 1. The Labute approximate surface area is 113 Å². The maximum Gasteiger partial charge on any atom is 0.433 e. The van der Waals surface area contributed by atoms with Gasteiger partial charge < -0.3 is 4.74 Å². The second-order valence-corrected chi connectivity index (χ2v) is 4.40. The Morgan fingerprint density at radius 1 is 1.32 bits per heavy atom. The quantitative estimate of drug-likeness (QED) is 0.817. The summed E-state index contributed by atoms with van der Waals surface area (Å²) in [7, 11) is 0. The lowest BCUT2D eigenvalue weighted by molar-refractivity contribution is -0.140. The first-order valence-electron chi connectivity index (χ1n) is 5.72. The van der Waals surface area contributed by atoms with Crippen LogP contribution < -0.4 is 4.74 Å². The van der Waals surface area contributed by atoms with Crippen LogP contribution in [-0.4, -0.2) is 11.6 Å². The van der Waals surface area contributed by atoms with E-state index in [0.717, 1.165) is 12.5 Å². The van der Waals surface area contributed by atoms with E-state index in [2.05, 4.69) is 4.98 Å². The van der Waals surface area contributed by atoms with Crippen molar-refractivity contribution in [1.82, 2.24) is 4.98 Å². The molecule has 1 aromatic carbocycles. The Morgan fingerprint density at radius 2 is 2.05 bits per heavy atom. The molecule has 2 rings (SSSR count). The molecule has 19 heavy (non-hydrogen) atoms. The number of ether oxygens (including phenoxy) is 1. The van der Waals surface area contributed by atoms with Gasteiger partial charge in [-0.15, -0.1) is 0 Å². The van der Waals surface area contributed by atoms with E-state index in [1.807, 2.05) is 6.92 Å². The van der Waals surface area contributed by atoms with Gasteiger partial charge in [0.1, 0.15) is 17.0 Å². The smallest absolute Gasteiger partial charge is 0.433 e. The molecule has 6 heteroatoms. The molecule has 1 aromatic heterocycles. The summed E-state index contributed by atoms with van der Waals surface area (Å²) in [6.07, 6.45) is -3.78. The minimum absolute atomic E-state index is 0.0132. The van der Waals surface area contributed by atoms with Crippen molar-refractivity contribution < 1.29 is 17.9 Å². The highest BCUT2D eigenvalue weighted by molar-refractivity contribution is 6.35. The van der Waals surface area contributed by atoms with Gasteiger partial charge in [0.15, 0.2) is 0 Å². The van der Waals surface area contributed by atoms with Crippen LogP contribution in [0.4, 0.5) is 13.2 Å². The van der Waals surface area contributed by atoms with Crippen molar-refractivity contribution in [3.05, 3.63) is 35.0 Å². The number of halogens is 4. The molecule has 0 fully saturated rings. The number of para-hydroxylation sites is 1. The van der Waals surface area contributed by atoms with Gasteiger partial charge in [-0.3, -0.25) is 0 Å². The normalized spacial score (nSPS) is 11.8. The van der Waals surface area contributed by atoms with Crippen LogP contribution in [-0.2, 0) is 6.18 Å². The summed E-state index contributed by atoms with van der Waals surface area (Å²) >= 11 is 5.88. The number of hydrogen-bond donors (Lipinski definition) is 0. The first kappa shape index (κ1) is 13.9. The van der Waals surface area contributed by atoms with Crippen molar-refractivity contribution in [2.75, 3.05) is 6.61 Å². The van der Waals surface area contributed by atoms with E-state index in [1.54, 1.807) is 18.2 Å². The third kappa shape index (κ3) is 2.92. The van der Waals surface area contributed by atoms with Crippen molar-refractivity contribution in [3.8, 4) is 5.75 Å². The number of aromatic nitrogens is 1. The van der Waals surface area contributed by atoms with Gasteiger partial charge >= 0.3 is 6.18 Å². The Balaban J connectivity index is 2.62. The molecule has 0 aliphatic heterocycles. The predicted molar refractivity (Wildman–Crippen MR) is 67.5 cm³/mol. The molecule has 1 heterocycles. The summed E-state index contributed by atoms with van der Waals surface area (Å²) in [5.41, 5.74) is -0.881. The maximum absolute atomic E-state index is 12.7. The summed E-state index contributed by atoms with van der Waals surface area (Å²) in [4.78, 5) is 3.63. The second kappa shape index (κ2) is 5.25. The summed E-state index contributed by atoms with van der Waals surface area (Å²) in [6.45, 7) is 2.32. The van der Waals surface area contributed by atoms with Crippen LogP contribution in [0.2, 0.25) is 5.02 Å². The molecule has 0 N–H and O–H groups in total. The summed E-state index contributed by atoms with van der Waals surface area (Å²) < 4.78 is 43.6. The predicted octanol–water partition coefficient (Wildman–Crippen LogP) is 4.70. The molecule has 0 aliphatic rings. The molecule has 0 atom stereocenters. The highest BCUT2D eigenvalue weighted by atomic mass is 35.5. The zero-order valence-corrected chi connectivity index (χ0v) is 10.8. The molecular weight excluding hydrogens is 279 g/mol. The zero-order chi connectivity index (χ0) is 14.0. The Hall–Kier alpha value is -1.49. The van der Waals surface area contributed by atoms with Crippen molar-refractivity contribution in [2.45, 2.75) is 19.5 Å². The van der Waals surface area contributed by atoms with Crippen molar-refractivity contribution in [1.29, 1.82) is 0 Å². The molecular formula is C13H11ClF3NO. The first-order valence-corrected chi connectivity index (χ1v) is 6.10. The monoisotopic (exact) mass is 289 g/mol. The van der Waals surface area contributed by atoms with E-state index < -0.39 is 11.9 Å². The van der Waals surface area contributed by atoms with Crippen LogP contribution in [0.1, 0.15) is 19.0 Å². The zero-order valence-electron chi connectivity index (χ0n) is 10.1. The van der Waals surface area contributed by atoms with Gasteiger partial charge in [-0.1, -0.05) is 30.7 Å². The van der Waals surface area contributed by atoms with Gasteiger partial charge in [0.05, 0.1) is 11.6 Å². The molecule has 0 bridgehead atoms. The van der Waals surface area contributed by atoms with Gasteiger partial charge in [0.25, 0.3) is 0 Å². The highest BCUT2D eigenvalue weighted by Crippen LogP contribution is 2.35. The number of fused-ring (bicyclic) bond motifs is 1. The maximum atomic E-state index is 12.7. The molecule has 0 radical (unpaired) electrons.